The monoisotopic (exact) mass is 319 g/mol. The summed E-state index contributed by atoms with van der Waals surface area (Å²) in [4.78, 5) is 34.9. The second kappa shape index (κ2) is 5.10. The summed E-state index contributed by atoms with van der Waals surface area (Å²) in [6, 6.07) is 3.62. The normalized spacial score (nSPS) is 17.7. The number of furan rings is 1. The van der Waals surface area contributed by atoms with Crippen molar-refractivity contribution in [3.8, 4) is 0 Å². The summed E-state index contributed by atoms with van der Waals surface area (Å²) >= 11 is 0. The molecule has 1 atom stereocenters. The molecule has 3 rings (SSSR count). The predicted octanol–water partition coefficient (Wildman–Crippen LogP) is 0.819. The molecule has 8 nitrogen and oxygen atoms in total. The van der Waals surface area contributed by atoms with E-state index in [-0.39, 0.29) is 16.7 Å². The molecule has 0 spiro atoms. The van der Waals surface area contributed by atoms with Crippen molar-refractivity contribution in [2.45, 2.75) is 18.8 Å². The zero-order chi connectivity index (χ0) is 16.8. The number of nitrogens with two attached hydrogens (primary N) is 1. The van der Waals surface area contributed by atoms with Gasteiger partial charge in [-0.05, 0) is 25.1 Å². The molecule has 2 heterocycles. The zero-order valence-electron chi connectivity index (χ0n) is 12.3. The highest BCUT2D eigenvalue weighted by Crippen LogP contribution is 2.40. The maximum absolute atomic E-state index is 11.8. The Morgan fingerprint density at radius 2 is 1.91 bits per heavy atom. The molecule has 1 aromatic heterocycles. The van der Waals surface area contributed by atoms with Gasteiger partial charge >= 0.3 is 23.7 Å². The van der Waals surface area contributed by atoms with E-state index in [1.54, 1.807) is 12.1 Å². The molecule has 0 radical (unpaired) electrons. The number of carbonyl (C=O) groups excluding carboxylic acids is 3. The molecule has 8 heteroatoms. The first-order valence-electron chi connectivity index (χ1n) is 6.71. The van der Waals surface area contributed by atoms with E-state index in [0.29, 0.717) is 5.39 Å². The average molecular weight is 319 g/mol. The molecule has 1 aromatic carbocycles. The number of carbonyl (C=O) groups is 3. The number of hydrogen-bond acceptors (Lipinski definition) is 8. The second-order valence-electron chi connectivity index (χ2n) is 5.09. The Bertz CT molecular complexity index is 804. The summed E-state index contributed by atoms with van der Waals surface area (Å²) in [7, 11) is 1.23. The van der Waals surface area contributed by atoms with Crippen LogP contribution in [0.15, 0.2) is 28.9 Å². The van der Waals surface area contributed by atoms with Crippen LogP contribution in [0, 0.1) is 0 Å². The molecule has 2 N–H and O–H groups in total. The Morgan fingerprint density at radius 1 is 1.26 bits per heavy atom. The van der Waals surface area contributed by atoms with E-state index in [4.69, 9.17) is 24.4 Å². The molecule has 0 amide bonds. The number of rotatable bonds is 3. The minimum atomic E-state index is -1.87. The largest absolute Gasteiger partial charge is 0.465 e. The summed E-state index contributed by atoms with van der Waals surface area (Å²) in [6.07, 6.45) is 1.39. The smallest absolute Gasteiger partial charge is 0.421 e. The van der Waals surface area contributed by atoms with Crippen molar-refractivity contribution in [2.75, 3.05) is 7.11 Å². The molecule has 1 unspecified atom stereocenters. The number of hydrogen-bond donors (Lipinski definition) is 1. The topological polar surface area (TPSA) is 118 Å². The Balaban J connectivity index is 2.28. The summed E-state index contributed by atoms with van der Waals surface area (Å²) in [5.41, 5.74) is 6.52. The van der Waals surface area contributed by atoms with Gasteiger partial charge in [0.15, 0.2) is 0 Å². The third kappa shape index (κ3) is 2.15. The molecule has 2 aromatic rings. The SMILES string of the molecule is COC(=O)c1cc(C2(C(C)N)OC(=O)C(=O)O2)c2occc2c1. The number of cyclic esters (lactones) is 2. The number of ether oxygens (including phenoxy) is 3. The van der Waals surface area contributed by atoms with Gasteiger partial charge in [-0.3, -0.25) is 0 Å². The second-order valence-corrected chi connectivity index (χ2v) is 5.09. The average Bonchev–Trinajstić information content (AvgIpc) is 3.11. The lowest BCUT2D eigenvalue weighted by atomic mass is 9.95. The third-order valence-corrected chi connectivity index (χ3v) is 3.60. The quantitative estimate of drug-likeness (QED) is 0.652. The standard InChI is InChI=1S/C15H13NO7/c1-7(16)15(22-13(18)14(19)23-15)10-6-9(12(17)20-2)5-8-3-4-21-11(8)10/h3-7H,16H2,1-2H3. The fraction of sp³-hybridized carbons (Fsp3) is 0.267. The minimum Gasteiger partial charge on any atom is -0.465 e. The maximum Gasteiger partial charge on any atom is 0.421 e. The molecule has 0 bridgehead atoms. The molecule has 120 valence electrons. The van der Waals surface area contributed by atoms with E-state index in [0.717, 1.165) is 0 Å². The summed E-state index contributed by atoms with van der Waals surface area (Å²) in [5, 5.41) is 0.543. The molecule has 1 aliphatic heterocycles. The van der Waals surface area contributed by atoms with Gasteiger partial charge in [0, 0.05) is 5.39 Å². The van der Waals surface area contributed by atoms with Gasteiger partial charge in [0.25, 0.3) is 0 Å². The molecule has 0 saturated carbocycles. The van der Waals surface area contributed by atoms with Gasteiger partial charge in [-0.15, -0.1) is 0 Å². The van der Waals surface area contributed by atoms with E-state index in [1.165, 1.54) is 26.4 Å². The van der Waals surface area contributed by atoms with Gasteiger partial charge in [0.05, 0.1) is 30.5 Å². The van der Waals surface area contributed by atoms with Crippen LogP contribution in [0.2, 0.25) is 0 Å². The molecule has 1 fully saturated rings. The van der Waals surface area contributed by atoms with Gasteiger partial charge < -0.3 is 24.4 Å². The first kappa shape index (κ1) is 15.0. The third-order valence-electron chi connectivity index (χ3n) is 3.60. The van der Waals surface area contributed by atoms with Gasteiger partial charge in [0.2, 0.25) is 0 Å². The van der Waals surface area contributed by atoms with E-state index < -0.39 is 29.7 Å². The van der Waals surface area contributed by atoms with Crippen LogP contribution in [0.4, 0.5) is 0 Å². The lowest BCUT2D eigenvalue weighted by Gasteiger charge is -2.29. The van der Waals surface area contributed by atoms with Crippen molar-refractivity contribution in [2.24, 2.45) is 5.73 Å². The Hall–Kier alpha value is -2.87. The zero-order valence-corrected chi connectivity index (χ0v) is 12.3. The number of benzene rings is 1. The Morgan fingerprint density at radius 3 is 2.48 bits per heavy atom. The minimum absolute atomic E-state index is 0.162. The fourth-order valence-electron chi connectivity index (χ4n) is 2.50. The van der Waals surface area contributed by atoms with Crippen LogP contribution >= 0.6 is 0 Å². The van der Waals surface area contributed by atoms with E-state index >= 15 is 0 Å². The van der Waals surface area contributed by atoms with Crippen molar-refractivity contribution < 1.29 is 33.0 Å². The first-order chi connectivity index (χ1) is 10.9. The van der Waals surface area contributed by atoms with Crippen LogP contribution in [-0.4, -0.2) is 31.1 Å². The van der Waals surface area contributed by atoms with Gasteiger partial charge in [0.1, 0.15) is 5.58 Å². The van der Waals surface area contributed by atoms with Gasteiger partial charge in [-0.1, -0.05) is 0 Å². The van der Waals surface area contributed by atoms with Gasteiger partial charge in [-0.25, -0.2) is 14.4 Å². The van der Waals surface area contributed by atoms with Crippen LogP contribution in [0.3, 0.4) is 0 Å². The lowest BCUT2D eigenvalue weighted by molar-refractivity contribution is -0.190. The van der Waals surface area contributed by atoms with E-state index in [9.17, 15) is 14.4 Å². The molecular formula is C15H13NO7. The molecule has 23 heavy (non-hydrogen) atoms. The first-order valence-corrected chi connectivity index (χ1v) is 6.71. The molecule has 0 aliphatic carbocycles. The molecular weight excluding hydrogens is 306 g/mol. The number of methoxy groups -OCH3 is 1. The van der Waals surface area contributed by atoms with Crippen molar-refractivity contribution in [1.29, 1.82) is 0 Å². The Labute approximate surface area is 130 Å². The highest BCUT2D eigenvalue weighted by atomic mass is 16.8. The van der Waals surface area contributed by atoms with Crippen molar-refractivity contribution >= 4 is 28.9 Å². The maximum atomic E-state index is 11.8. The lowest BCUT2D eigenvalue weighted by Crippen LogP contribution is -2.45. The number of fused-ring (bicyclic) bond motifs is 1. The summed E-state index contributed by atoms with van der Waals surface area (Å²) < 4.78 is 20.3. The van der Waals surface area contributed by atoms with Crippen LogP contribution in [0.5, 0.6) is 0 Å². The van der Waals surface area contributed by atoms with E-state index in [2.05, 4.69) is 0 Å². The highest BCUT2D eigenvalue weighted by Gasteiger charge is 2.54. The summed E-state index contributed by atoms with van der Waals surface area (Å²) in [6.45, 7) is 1.51. The van der Waals surface area contributed by atoms with Crippen LogP contribution in [-0.2, 0) is 29.6 Å². The van der Waals surface area contributed by atoms with Crippen molar-refractivity contribution in [3.63, 3.8) is 0 Å². The van der Waals surface area contributed by atoms with Crippen molar-refractivity contribution in [3.05, 3.63) is 35.6 Å². The van der Waals surface area contributed by atoms with Gasteiger partial charge in [-0.2, -0.15) is 0 Å². The highest BCUT2D eigenvalue weighted by molar-refractivity contribution is 6.31. The molecule has 1 aliphatic rings. The number of esters is 3. The van der Waals surface area contributed by atoms with Crippen LogP contribution < -0.4 is 5.73 Å². The van der Waals surface area contributed by atoms with E-state index in [1.807, 2.05) is 0 Å². The van der Waals surface area contributed by atoms with Crippen LogP contribution in [0.1, 0.15) is 22.8 Å². The molecule has 1 saturated heterocycles. The van der Waals surface area contributed by atoms with Crippen LogP contribution in [0.25, 0.3) is 11.0 Å². The fourth-order valence-corrected chi connectivity index (χ4v) is 2.50. The summed E-state index contributed by atoms with van der Waals surface area (Å²) in [5.74, 6) is -4.80. The van der Waals surface area contributed by atoms with Crippen molar-refractivity contribution in [1.82, 2.24) is 0 Å². The Kier molecular flexibility index (Phi) is 3.33. The predicted molar refractivity (Wildman–Crippen MR) is 75.1 cm³/mol.